The molecule has 134 valence electrons. The Bertz CT molecular complexity index is 758. The summed E-state index contributed by atoms with van der Waals surface area (Å²) in [5.74, 6) is -0.682. The number of thioether (sulfide) groups is 2. The first kappa shape index (κ1) is 20.0. The van der Waals surface area contributed by atoms with Gasteiger partial charge in [-0.2, -0.15) is 11.8 Å². The van der Waals surface area contributed by atoms with Crippen molar-refractivity contribution < 1.29 is 14.7 Å². The van der Waals surface area contributed by atoms with E-state index in [4.69, 9.17) is 12.2 Å². The number of thiocarbonyl (C=S) groups is 1. The van der Waals surface area contributed by atoms with Crippen LogP contribution in [-0.2, 0) is 9.59 Å². The second-order valence-corrected chi connectivity index (χ2v) is 8.64. The van der Waals surface area contributed by atoms with Gasteiger partial charge in [0.1, 0.15) is 10.4 Å². The first-order valence-corrected chi connectivity index (χ1v) is 10.4. The van der Waals surface area contributed by atoms with Gasteiger partial charge in [-0.3, -0.25) is 9.69 Å². The van der Waals surface area contributed by atoms with Gasteiger partial charge >= 0.3 is 5.97 Å². The number of rotatable bonds is 6. The minimum absolute atomic E-state index is 0.311. The highest BCUT2D eigenvalue weighted by atomic mass is 32.2. The van der Waals surface area contributed by atoms with Crippen LogP contribution in [0.15, 0.2) is 17.0 Å². The Balaban J connectivity index is 2.34. The Morgan fingerprint density at radius 1 is 1.32 bits per heavy atom. The fraction of sp³-hybridized carbons (Fsp3) is 0.389. The fourth-order valence-electron chi connectivity index (χ4n) is 2.62. The van der Waals surface area contributed by atoms with E-state index in [-0.39, 0.29) is 5.91 Å². The molecule has 1 fully saturated rings. The van der Waals surface area contributed by atoms with E-state index < -0.39 is 12.0 Å². The molecule has 1 aromatic rings. The van der Waals surface area contributed by atoms with Crippen molar-refractivity contribution in [3.05, 3.63) is 39.3 Å². The van der Waals surface area contributed by atoms with Gasteiger partial charge in [0.05, 0.1) is 4.91 Å². The number of carbonyl (C=O) groups is 2. The van der Waals surface area contributed by atoms with Gasteiger partial charge in [0, 0.05) is 0 Å². The number of nitrogens with zero attached hydrogens (tertiary/aromatic N) is 1. The molecule has 25 heavy (non-hydrogen) atoms. The molecule has 4 nitrogen and oxygen atoms in total. The standard InChI is InChI=1S/C18H21NO3S3/c1-10-7-12(3)13(8-11(10)2)9-15-16(20)19(18(23)25-15)14(17(21)22)5-6-24-4/h7-9,14H,5-6H2,1-4H3,(H,21,22)/b15-9+/t14-/m0/s1. The van der Waals surface area contributed by atoms with Gasteiger partial charge < -0.3 is 5.11 Å². The maximum Gasteiger partial charge on any atom is 0.326 e. The van der Waals surface area contributed by atoms with E-state index in [0.29, 0.717) is 21.4 Å². The van der Waals surface area contributed by atoms with E-state index in [0.717, 1.165) is 16.7 Å². The van der Waals surface area contributed by atoms with E-state index >= 15 is 0 Å². The largest absolute Gasteiger partial charge is 0.480 e. The number of carboxylic acid groups (broad SMARTS) is 1. The van der Waals surface area contributed by atoms with E-state index in [9.17, 15) is 14.7 Å². The predicted molar refractivity (Wildman–Crippen MR) is 110 cm³/mol. The summed E-state index contributed by atoms with van der Waals surface area (Å²) in [6.07, 6.45) is 4.10. The molecule has 0 radical (unpaired) electrons. The zero-order chi connectivity index (χ0) is 18.7. The fourth-order valence-corrected chi connectivity index (χ4v) is 4.43. The van der Waals surface area contributed by atoms with Crippen molar-refractivity contribution >= 4 is 58.0 Å². The number of aliphatic carboxylic acids is 1. The zero-order valence-corrected chi connectivity index (χ0v) is 17.1. The third kappa shape index (κ3) is 4.46. The van der Waals surface area contributed by atoms with Gasteiger partial charge in [-0.15, -0.1) is 0 Å². The van der Waals surface area contributed by atoms with Crippen LogP contribution >= 0.6 is 35.7 Å². The Kier molecular flexibility index (Phi) is 6.71. The molecule has 2 rings (SSSR count). The molecule has 0 aliphatic carbocycles. The number of amides is 1. The highest BCUT2D eigenvalue weighted by Gasteiger charge is 2.40. The molecule has 7 heteroatoms. The number of carbonyl (C=O) groups excluding carboxylic acids is 1. The first-order valence-electron chi connectivity index (χ1n) is 7.83. The van der Waals surface area contributed by atoms with Gasteiger partial charge in [-0.05, 0) is 67.5 Å². The summed E-state index contributed by atoms with van der Waals surface area (Å²) in [5, 5.41) is 9.49. The van der Waals surface area contributed by atoms with Crippen LogP contribution in [0, 0.1) is 20.8 Å². The van der Waals surface area contributed by atoms with Crippen LogP contribution in [-0.4, -0.2) is 44.3 Å². The summed E-state index contributed by atoms with van der Waals surface area (Å²) in [4.78, 5) is 26.1. The summed E-state index contributed by atoms with van der Waals surface area (Å²) in [6.45, 7) is 6.08. The van der Waals surface area contributed by atoms with E-state index in [1.165, 1.54) is 22.2 Å². The van der Waals surface area contributed by atoms with Crippen molar-refractivity contribution in [2.24, 2.45) is 0 Å². The molecular weight excluding hydrogens is 374 g/mol. The average molecular weight is 396 g/mol. The Morgan fingerprint density at radius 2 is 1.96 bits per heavy atom. The molecule has 1 aliphatic heterocycles. The minimum atomic E-state index is -1.02. The lowest BCUT2D eigenvalue weighted by atomic mass is 10.0. The quantitative estimate of drug-likeness (QED) is 0.580. The zero-order valence-electron chi connectivity index (χ0n) is 14.7. The summed E-state index contributed by atoms with van der Waals surface area (Å²) < 4.78 is 0.311. The van der Waals surface area contributed by atoms with Gasteiger partial charge in [0.2, 0.25) is 0 Å². The summed E-state index contributed by atoms with van der Waals surface area (Å²) in [5.41, 5.74) is 4.38. The summed E-state index contributed by atoms with van der Waals surface area (Å²) in [7, 11) is 0. The molecule has 1 aromatic carbocycles. The normalized spacial score (nSPS) is 17.4. The molecule has 1 N–H and O–H groups in total. The van der Waals surface area contributed by atoms with Crippen molar-refractivity contribution in [1.29, 1.82) is 0 Å². The Hall–Kier alpha value is -1.31. The van der Waals surface area contributed by atoms with Gasteiger partial charge in [0.15, 0.2) is 0 Å². The SMILES string of the molecule is CSCC[C@@H](C(=O)O)N1C(=O)/C(=C\c2cc(C)c(C)cc2C)SC1=S. The average Bonchev–Trinajstić information content (AvgIpc) is 2.80. The molecule has 1 saturated heterocycles. The van der Waals surface area contributed by atoms with Gasteiger partial charge in [0.25, 0.3) is 5.91 Å². The number of benzene rings is 1. The van der Waals surface area contributed by atoms with Crippen LogP contribution in [0.2, 0.25) is 0 Å². The predicted octanol–water partition coefficient (Wildman–Crippen LogP) is 4.02. The van der Waals surface area contributed by atoms with Crippen LogP contribution < -0.4 is 0 Å². The topological polar surface area (TPSA) is 57.6 Å². The number of aryl methyl sites for hydroxylation is 3. The van der Waals surface area contributed by atoms with Crippen LogP contribution in [0.3, 0.4) is 0 Å². The molecule has 0 aromatic heterocycles. The molecule has 1 atom stereocenters. The third-order valence-corrected chi connectivity index (χ3v) is 6.16. The lowest BCUT2D eigenvalue weighted by molar-refractivity contribution is -0.145. The van der Waals surface area contributed by atoms with E-state index in [2.05, 4.69) is 13.0 Å². The number of hydrogen-bond acceptors (Lipinski definition) is 5. The molecule has 1 amide bonds. The third-order valence-electron chi connectivity index (χ3n) is 4.18. The van der Waals surface area contributed by atoms with Crippen molar-refractivity contribution in [2.75, 3.05) is 12.0 Å². The number of carboxylic acids is 1. The molecule has 0 spiro atoms. The van der Waals surface area contributed by atoms with E-state index in [1.807, 2.05) is 32.2 Å². The maximum atomic E-state index is 12.8. The second kappa shape index (κ2) is 8.38. The summed E-state index contributed by atoms with van der Waals surface area (Å²) in [6, 6.07) is 3.21. The van der Waals surface area contributed by atoms with Crippen molar-refractivity contribution in [3.8, 4) is 0 Å². The lowest BCUT2D eigenvalue weighted by Gasteiger charge is -2.22. The van der Waals surface area contributed by atoms with Crippen LogP contribution in [0.25, 0.3) is 6.08 Å². The molecular formula is C18H21NO3S3. The monoisotopic (exact) mass is 395 g/mol. The van der Waals surface area contributed by atoms with Crippen LogP contribution in [0.1, 0.15) is 28.7 Å². The summed E-state index contributed by atoms with van der Waals surface area (Å²) >= 11 is 8.02. The van der Waals surface area contributed by atoms with Crippen molar-refractivity contribution in [2.45, 2.75) is 33.2 Å². The molecule has 1 heterocycles. The smallest absolute Gasteiger partial charge is 0.326 e. The lowest BCUT2D eigenvalue weighted by Crippen LogP contribution is -2.44. The first-order chi connectivity index (χ1) is 11.8. The van der Waals surface area contributed by atoms with Crippen molar-refractivity contribution in [3.63, 3.8) is 0 Å². The maximum absolute atomic E-state index is 12.8. The molecule has 0 bridgehead atoms. The molecule has 0 unspecified atom stereocenters. The Morgan fingerprint density at radius 3 is 2.56 bits per heavy atom. The van der Waals surface area contributed by atoms with Crippen LogP contribution in [0.4, 0.5) is 0 Å². The van der Waals surface area contributed by atoms with Crippen molar-refractivity contribution in [1.82, 2.24) is 4.90 Å². The highest BCUT2D eigenvalue weighted by molar-refractivity contribution is 8.26. The molecule has 0 saturated carbocycles. The van der Waals surface area contributed by atoms with E-state index in [1.54, 1.807) is 11.8 Å². The highest BCUT2D eigenvalue weighted by Crippen LogP contribution is 2.35. The molecule has 1 aliphatic rings. The van der Waals surface area contributed by atoms with Gasteiger partial charge in [-0.1, -0.05) is 36.1 Å². The second-order valence-electron chi connectivity index (χ2n) is 5.98. The van der Waals surface area contributed by atoms with Gasteiger partial charge in [-0.25, -0.2) is 4.79 Å². The Labute approximate surface area is 162 Å². The number of hydrogen-bond donors (Lipinski definition) is 1. The van der Waals surface area contributed by atoms with Crippen LogP contribution in [0.5, 0.6) is 0 Å². The minimum Gasteiger partial charge on any atom is -0.480 e.